The second-order valence-electron chi connectivity index (χ2n) is 7.68. The molecule has 0 N–H and O–H groups in total. The zero-order chi connectivity index (χ0) is 22.0. The van der Waals surface area contributed by atoms with E-state index in [0.29, 0.717) is 31.6 Å². The number of aryl methyl sites for hydroxylation is 1. The number of non-ortho nitro benzene ring substituents is 1. The van der Waals surface area contributed by atoms with Crippen molar-refractivity contribution in [3.8, 4) is 0 Å². The fourth-order valence-electron chi connectivity index (χ4n) is 4.01. The molecule has 0 bridgehead atoms. The molecule has 2 aliphatic rings. The van der Waals surface area contributed by atoms with Crippen LogP contribution in [0.1, 0.15) is 30.4 Å². The minimum absolute atomic E-state index is 0.00637. The fraction of sp³-hybridized carbons (Fsp3) is 0.318. The number of benzene rings is 2. The van der Waals surface area contributed by atoms with Crippen molar-refractivity contribution in [2.24, 2.45) is 0 Å². The number of nitro groups is 1. The highest BCUT2D eigenvalue weighted by Crippen LogP contribution is 2.31. The van der Waals surface area contributed by atoms with Gasteiger partial charge in [-0.1, -0.05) is 0 Å². The topological polar surface area (TPSA) is 101 Å². The van der Waals surface area contributed by atoms with Gasteiger partial charge in [0.15, 0.2) is 0 Å². The van der Waals surface area contributed by atoms with Crippen LogP contribution in [0.4, 0.5) is 11.4 Å². The van der Waals surface area contributed by atoms with Crippen LogP contribution < -0.4 is 4.90 Å². The van der Waals surface area contributed by atoms with Crippen LogP contribution in [-0.4, -0.2) is 43.2 Å². The summed E-state index contributed by atoms with van der Waals surface area (Å²) < 4.78 is 27.2. The lowest BCUT2D eigenvalue weighted by atomic mass is 10.0. The van der Waals surface area contributed by atoms with Gasteiger partial charge in [-0.15, -0.1) is 0 Å². The largest absolute Gasteiger partial charge is 0.309 e. The molecule has 2 aliphatic heterocycles. The third kappa shape index (κ3) is 4.38. The third-order valence-electron chi connectivity index (χ3n) is 5.66. The second-order valence-corrected chi connectivity index (χ2v) is 9.62. The van der Waals surface area contributed by atoms with Crippen molar-refractivity contribution in [1.29, 1.82) is 0 Å². The van der Waals surface area contributed by atoms with E-state index in [-0.39, 0.29) is 16.5 Å². The molecular weight excluding hydrogens is 418 g/mol. The number of amides is 1. The Kier molecular flexibility index (Phi) is 5.88. The molecule has 2 heterocycles. The standard InChI is InChI=1S/C22H23N3O5S/c26-22(12-7-17-5-8-19(9-6-17)25(27)28)24-15-3-4-18-16-20(10-11-21(18)24)31(29,30)23-13-1-2-14-23/h5-12,16H,1-4,13-15H2/b12-7+. The minimum Gasteiger partial charge on any atom is -0.309 e. The molecule has 0 unspecified atom stereocenters. The number of nitrogens with zero attached hydrogens (tertiary/aromatic N) is 3. The highest BCUT2D eigenvalue weighted by molar-refractivity contribution is 7.89. The Morgan fingerprint density at radius 2 is 1.71 bits per heavy atom. The van der Waals surface area contributed by atoms with E-state index in [9.17, 15) is 23.3 Å². The van der Waals surface area contributed by atoms with E-state index in [1.54, 1.807) is 41.3 Å². The van der Waals surface area contributed by atoms with Crippen LogP contribution in [0.15, 0.2) is 53.4 Å². The first-order chi connectivity index (χ1) is 14.9. The van der Waals surface area contributed by atoms with Crippen LogP contribution in [0.3, 0.4) is 0 Å². The predicted octanol–water partition coefficient (Wildman–Crippen LogP) is 3.37. The molecule has 0 radical (unpaired) electrons. The lowest BCUT2D eigenvalue weighted by molar-refractivity contribution is -0.384. The Bertz CT molecular complexity index is 1140. The van der Waals surface area contributed by atoms with Crippen LogP contribution in [-0.2, 0) is 21.2 Å². The summed E-state index contributed by atoms with van der Waals surface area (Å²) in [7, 11) is -3.50. The number of hydrogen-bond acceptors (Lipinski definition) is 5. The third-order valence-corrected chi connectivity index (χ3v) is 7.56. The first kappa shape index (κ1) is 21.2. The Morgan fingerprint density at radius 1 is 1.00 bits per heavy atom. The summed E-state index contributed by atoms with van der Waals surface area (Å²) in [6.07, 6.45) is 6.28. The number of anilines is 1. The van der Waals surface area contributed by atoms with Gasteiger partial charge < -0.3 is 4.90 Å². The molecule has 1 fully saturated rings. The minimum atomic E-state index is -3.50. The molecule has 8 nitrogen and oxygen atoms in total. The van der Waals surface area contributed by atoms with Gasteiger partial charge in [0.1, 0.15) is 0 Å². The van der Waals surface area contributed by atoms with Gasteiger partial charge in [0.05, 0.1) is 9.82 Å². The Labute approximate surface area is 181 Å². The molecule has 1 amide bonds. The number of carbonyl (C=O) groups excluding carboxylic acids is 1. The summed E-state index contributed by atoms with van der Waals surface area (Å²) in [6.45, 7) is 1.66. The van der Waals surface area contributed by atoms with Crippen molar-refractivity contribution in [2.75, 3.05) is 24.5 Å². The summed E-state index contributed by atoms with van der Waals surface area (Å²) >= 11 is 0. The lowest BCUT2D eigenvalue weighted by Gasteiger charge is -2.29. The smallest absolute Gasteiger partial charge is 0.269 e. The van der Waals surface area contributed by atoms with Crippen molar-refractivity contribution < 1.29 is 18.1 Å². The van der Waals surface area contributed by atoms with Crippen LogP contribution >= 0.6 is 0 Å². The van der Waals surface area contributed by atoms with E-state index < -0.39 is 14.9 Å². The fourth-order valence-corrected chi connectivity index (χ4v) is 5.57. The first-order valence-corrected chi connectivity index (χ1v) is 11.7. The van der Waals surface area contributed by atoms with Gasteiger partial charge in [0, 0.05) is 43.5 Å². The molecule has 1 saturated heterocycles. The molecular formula is C22H23N3O5S. The molecule has 0 aromatic heterocycles. The average Bonchev–Trinajstić information content (AvgIpc) is 3.33. The first-order valence-electron chi connectivity index (χ1n) is 10.2. The quantitative estimate of drug-likeness (QED) is 0.402. The number of sulfonamides is 1. The van der Waals surface area contributed by atoms with E-state index >= 15 is 0 Å². The monoisotopic (exact) mass is 441 g/mol. The summed E-state index contributed by atoms with van der Waals surface area (Å²) in [4.78, 5) is 25.0. The van der Waals surface area contributed by atoms with Crippen molar-refractivity contribution >= 4 is 33.4 Å². The molecule has 0 spiro atoms. The highest BCUT2D eigenvalue weighted by atomic mass is 32.2. The van der Waals surface area contributed by atoms with E-state index in [1.165, 1.54) is 22.5 Å². The van der Waals surface area contributed by atoms with Crippen molar-refractivity contribution in [3.05, 3.63) is 69.8 Å². The van der Waals surface area contributed by atoms with Gasteiger partial charge in [-0.3, -0.25) is 14.9 Å². The van der Waals surface area contributed by atoms with Gasteiger partial charge in [-0.05, 0) is 73.2 Å². The maximum atomic E-state index is 12.9. The highest BCUT2D eigenvalue weighted by Gasteiger charge is 2.29. The summed E-state index contributed by atoms with van der Waals surface area (Å²) in [5.41, 5.74) is 2.25. The van der Waals surface area contributed by atoms with Gasteiger partial charge in [-0.2, -0.15) is 4.31 Å². The maximum Gasteiger partial charge on any atom is 0.269 e. The van der Waals surface area contributed by atoms with Gasteiger partial charge in [0.2, 0.25) is 10.0 Å². The van der Waals surface area contributed by atoms with Crippen LogP contribution in [0.5, 0.6) is 0 Å². The van der Waals surface area contributed by atoms with E-state index in [0.717, 1.165) is 30.5 Å². The van der Waals surface area contributed by atoms with Gasteiger partial charge in [-0.25, -0.2) is 8.42 Å². The Hall–Kier alpha value is -3.04. The lowest BCUT2D eigenvalue weighted by Crippen LogP contribution is -2.34. The van der Waals surface area contributed by atoms with Crippen molar-refractivity contribution in [1.82, 2.24) is 4.31 Å². The van der Waals surface area contributed by atoms with Crippen molar-refractivity contribution in [3.63, 3.8) is 0 Å². The zero-order valence-electron chi connectivity index (χ0n) is 16.9. The average molecular weight is 442 g/mol. The zero-order valence-corrected chi connectivity index (χ0v) is 17.8. The van der Waals surface area contributed by atoms with Crippen molar-refractivity contribution in [2.45, 2.75) is 30.6 Å². The van der Waals surface area contributed by atoms with Gasteiger partial charge >= 0.3 is 0 Å². The molecule has 0 saturated carbocycles. The molecule has 9 heteroatoms. The van der Waals surface area contributed by atoms with Crippen LogP contribution in [0.2, 0.25) is 0 Å². The van der Waals surface area contributed by atoms with E-state index in [4.69, 9.17) is 0 Å². The molecule has 4 rings (SSSR count). The molecule has 2 aromatic carbocycles. The number of fused-ring (bicyclic) bond motifs is 1. The molecule has 162 valence electrons. The Morgan fingerprint density at radius 3 is 2.39 bits per heavy atom. The second kappa shape index (κ2) is 8.60. The summed E-state index contributed by atoms with van der Waals surface area (Å²) in [5, 5.41) is 10.7. The summed E-state index contributed by atoms with van der Waals surface area (Å²) in [6, 6.07) is 10.9. The number of rotatable bonds is 5. The predicted molar refractivity (Wildman–Crippen MR) is 117 cm³/mol. The normalized spacial score (nSPS) is 17.1. The number of carbonyl (C=O) groups is 1. The van der Waals surface area contributed by atoms with E-state index in [1.807, 2.05) is 0 Å². The molecule has 2 aromatic rings. The van der Waals surface area contributed by atoms with Crippen LogP contribution in [0, 0.1) is 10.1 Å². The van der Waals surface area contributed by atoms with E-state index in [2.05, 4.69) is 0 Å². The summed E-state index contributed by atoms with van der Waals surface area (Å²) in [5.74, 6) is -0.213. The molecule has 0 aliphatic carbocycles. The SMILES string of the molecule is O=C(/C=C/c1ccc([N+](=O)[O-])cc1)N1CCCc2cc(S(=O)(=O)N3CCCC3)ccc21. The van der Waals surface area contributed by atoms with Crippen LogP contribution in [0.25, 0.3) is 6.08 Å². The molecule has 31 heavy (non-hydrogen) atoms. The van der Waals surface area contributed by atoms with Gasteiger partial charge in [0.25, 0.3) is 11.6 Å². The maximum absolute atomic E-state index is 12.9. The molecule has 0 atom stereocenters. The number of hydrogen-bond donors (Lipinski definition) is 0. The Balaban J connectivity index is 1.53. The number of nitro benzene ring substituents is 1.